The molecule has 1 rings (SSSR count). The first-order valence-corrected chi connectivity index (χ1v) is 5.79. The molecule has 16 heavy (non-hydrogen) atoms. The molecule has 0 amide bonds. The van der Waals surface area contributed by atoms with Crippen molar-refractivity contribution >= 4 is 0 Å². The van der Waals surface area contributed by atoms with Gasteiger partial charge in [0.05, 0.1) is 11.7 Å². The fourth-order valence-electron chi connectivity index (χ4n) is 1.35. The molecule has 1 heterocycles. The maximum Gasteiger partial charge on any atom is 0.0543 e. The number of hydrogen-bond donors (Lipinski definition) is 1. The molecule has 0 atom stereocenters. The van der Waals surface area contributed by atoms with E-state index in [1.165, 1.54) is 5.56 Å². The molecule has 92 valence electrons. The molecule has 0 unspecified atom stereocenters. The van der Waals surface area contributed by atoms with Gasteiger partial charge in [0.1, 0.15) is 0 Å². The highest BCUT2D eigenvalue weighted by Gasteiger charge is 2.13. The fourth-order valence-corrected chi connectivity index (χ4v) is 1.35. The van der Waals surface area contributed by atoms with Gasteiger partial charge in [-0.25, -0.2) is 0 Å². The van der Waals surface area contributed by atoms with Gasteiger partial charge in [-0.2, -0.15) is 5.10 Å². The van der Waals surface area contributed by atoms with Crippen LogP contribution in [0.1, 0.15) is 26.3 Å². The van der Waals surface area contributed by atoms with Gasteiger partial charge in [-0.15, -0.1) is 0 Å². The summed E-state index contributed by atoms with van der Waals surface area (Å²) in [6.07, 6.45) is 4.05. The molecular formula is C12H24N4. The largest absolute Gasteiger partial charge is 0.311 e. The first-order valence-electron chi connectivity index (χ1n) is 5.79. The minimum atomic E-state index is 0.0713. The van der Waals surface area contributed by atoms with Gasteiger partial charge >= 0.3 is 0 Å². The molecule has 4 heteroatoms. The van der Waals surface area contributed by atoms with Crippen LogP contribution < -0.4 is 5.32 Å². The lowest BCUT2D eigenvalue weighted by Crippen LogP contribution is -2.26. The Labute approximate surface area is 98.6 Å². The summed E-state index contributed by atoms with van der Waals surface area (Å²) in [6.45, 7) is 9.43. The van der Waals surface area contributed by atoms with E-state index in [-0.39, 0.29) is 5.54 Å². The third-order valence-electron chi connectivity index (χ3n) is 2.39. The van der Waals surface area contributed by atoms with Crippen LogP contribution in [-0.2, 0) is 12.1 Å². The zero-order chi connectivity index (χ0) is 12.2. The van der Waals surface area contributed by atoms with Crippen LogP contribution in [0.15, 0.2) is 12.4 Å². The Bertz CT molecular complexity index is 309. The Morgan fingerprint density at radius 2 is 2.06 bits per heavy atom. The van der Waals surface area contributed by atoms with E-state index in [0.29, 0.717) is 0 Å². The summed E-state index contributed by atoms with van der Waals surface area (Å²) in [7, 11) is 4.17. The van der Waals surface area contributed by atoms with E-state index in [1.807, 2.05) is 10.9 Å². The van der Waals surface area contributed by atoms with Crippen molar-refractivity contribution in [3.05, 3.63) is 18.0 Å². The van der Waals surface area contributed by atoms with E-state index in [4.69, 9.17) is 0 Å². The van der Waals surface area contributed by atoms with Crippen LogP contribution in [0.2, 0.25) is 0 Å². The van der Waals surface area contributed by atoms with Gasteiger partial charge in [-0.05, 0) is 34.9 Å². The fraction of sp³-hybridized carbons (Fsp3) is 0.750. The summed E-state index contributed by atoms with van der Waals surface area (Å²) < 4.78 is 2.01. The Morgan fingerprint density at radius 1 is 1.38 bits per heavy atom. The Morgan fingerprint density at radius 3 is 2.56 bits per heavy atom. The van der Waals surface area contributed by atoms with Gasteiger partial charge in [0.2, 0.25) is 0 Å². The van der Waals surface area contributed by atoms with E-state index in [1.54, 1.807) is 0 Å². The highest BCUT2D eigenvalue weighted by molar-refractivity contribution is 5.04. The molecule has 1 aromatic heterocycles. The highest BCUT2D eigenvalue weighted by atomic mass is 15.3. The quantitative estimate of drug-likeness (QED) is 0.765. The van der Waals surface area contributed by atoms with Crippen molar-refractivity contribution in [2.75, 3.05) is 27.2 Å². The van der Waals surface area contributed by atoms with E-state index >= 15 is 0 Å². The summed E-state index contributed by atoms with van der Waals surface area (Å²) in [6, 6.07) is 0. The minimum Gasteiger partial charge on any atom is -0.311 e. The molecule has 4 nitrogen and oxygen atoms in total. The minimum absolute atomic E-state index is 0.0713. The van der Waals surface area contributed by atoms with Crippen LogP contribution in [0.5, 0.6) is 0 Å². The van der Waals surface area contributed by atoms with Crippen LogP contribution in [0.25, 0.3) is 0 Å². The monoisotopic (exact) mass is 224 g/mol. The van der Waals surface area contributed by atoms with Crippen LogP contribution in [0, 0.1) is 0 Å². The normalized spacial score (nSPS) is 12.4. The van der Waals surface area contributed by atoms with Crippen molar-refractivity contribution in [3.63, 3.8) is 0 Å². The second-order valence-electron chi connectivity index (χ2n) is 5.44. The van der Waals surface area contributed by atoms with Crippen LogP contribution in [0.3, 0.4) is 0 Å². The third kappa shape index (κ3) is 4.33. The number of rotatable bonds is 5. The Hall–Kier alpha value is -0.870. The highest BCUT2D eigenvalue weighted by Crippen LogP contribution is 2.12. The van der Waals surface area contributed by atoms with Gasteiger partial charge in [-0.3, -0.25) is 4.68 Å². The Kier molecular flexibility index (Phi) is 4.50. The van der Waals surface area contributed by atoms with E-state index in [9.17, 15) is 0 Å². The van der Waals surface area contributed by atoms with Gasteiger partial charge in [0.25, 0.3) is 0 Å². The first kappa shape index (κ1) is 13.2. The smallest absolute Gasteiger partial charge is 0.0543 e. The lowest BCUT2D eigenvalue weighted by atomic mass is 10.1. The van der Waals surface area contributed by atoms with Gasteiger partial charge < -0.3 is 10.2 Å². The topological polar surface area (TPSA) is 33.1 Å². The van der Waals surface area contributed by atoms with Crippen LogP contribution >= 0.6 is 0 Å². The molecule has 0 aliphatic carbocycles. The van der Waals surface area contributed by atoms with Crippen molar-refractivity contribution in [2.24, 2.45) is 0 Å². The number of nitrogens with one attached hydrogen (secondary N) is 1. The summed E-state index contributed by atoms with van der Waals surface area (Å²) in [5.74, 6) is 0. The molecule has 0 aliphatic rings. The van der Waals surface area contributed by atoms with Crippen LogP contribution in [-0.4, -0.2) is 41.9 Å². The number of likely N-dealkylation sites (N-methyl/N-ethyl adjacent to an activating group) is 1. The zero-order valence-corrected chi connectivity index (χ0v) is 11.1. The first-order chi connectivity index (χ1) is 7.39. The maximum absolute atomic E-state index is 4.37. The predicted molar refractivity (Wildman–Crippen MR) is 67.5 cm³/mol. The van der Waals surface area contributed by atoms with Crippen molar-refractivity contribution in [1.29, 1.82) is 0 Å². The van der Waals surface area contributed by atoms with Crippen molar-refractivity contribution < 1.29 is 0 Å². The lowest BCUT2D eigenvalue weighted by Gasteiger charge is -2.18. The second-order valence-corrected chi connectivity index (χ2v) is 5.44. The number of hydrogen-bond acceptors (Lipinski definition) is 3. The van der Waals surface area contributed by atoms with Gasteiger partial charge in [0.15, 0.2) is 0 Å². The number of aromatic nitrogens is 2. The molecule has 0 saturated carbocycles. The summed E-state index contributed by atoms with van der Waals surface area (Å²) in [5.41, 5.74) is 1.32. The Balaban J connectivity index is 2.36. The zero-order valence-electron chi connectivity index (χ0n) is 11.1. The molecular weight excluding hydrogens is 200 g/mol. The summed E-state index contributed by atoms with van der Waals surface area (Å²) in [5, 5.41) is 7.77. The average molecular weight is 224 g/mol. The lowest BCUT2D eigenvalue weighted by molar-refractivity contribution is 0.355. The van der Waals surface area contributed by atoms with Crippen LogP contribution in [0.4, 0.5) is 0 Å². The molecule has 0 aliphatic heterocycles. The van der Waals surface area contributed by atoms with Gasteiger partial charge in [-0.1, -0.05) is 0 Å². The van der Waals surface area contributed by atoms with Crippen molar-refractivity contribution in [2.45, 2.75) is 32.9 Å². The molecule has 0 saturated heterocycles. The molecule has 0 aromatic carbocycles. The van der Waals surface area contributed by atoms with E-state index < -0.39 is 0 Å². The second kappa shape index (κ2) is 5.46. The average Bonchev–Trinajstić information content (AvgIpc) is 2.59. The molecule has 0 bridgehead atoms. The maximum atomic E-state index is 4.37. The van der Waals surface area contributed by atoms with E-state index in [0.717, 1.165) is 19.6 Å². The van der Waals surface area contributed by atoms with E-state index in [2.05, 4.69) is 56.4 Å². The molecule has 1 aromatic rings. The van der Waals surface area contributed by atoms with Gasteiger partial charge in [0, 0.05) is 31.4 Å². The predicted octanol–water partition coefficient (Wildman–Crippen LogP) is 1.29. The SMILES string of the molecule is CN(C)CCNCc1cnn(C(C)(C)C)c1. The molecule has 0 radical (unpaired) electrons. The number of nitrogens with zero attached hydrogens (tertiary/aromatic N) is 3. The van der Waals surface area contributed by atoms with Crippen molar-refractivity contribution in [3.8, 4) is 0 Å². The molecule has 1 N–H and O–H groups in total. The third-order valence-corrected chi connectivity index (χ3v) is 2.39. The van der Waals surface area contributed by atoms with Crippen molar-refractivity contribution in [1.82, 2.24) is 20.0 Å². The summed E-state index contributed by atoms with van der Waals surface area (Å²) >= 11 is 0. The standard InChI is InChI=1S/C12H24N4/c1-12(2,3)16-10-11(9-14-16)8-13-6-7-15(4)5/h9-10,13H,6-8H2,1-5H3. The molecule has 0 fully saturated rings. The molecule has 0 spiro atoms. The summed E-state index contributed by atoms with van der Waals surface area (Å²) in [4.78, 5) is 2.17.